The van der Waals surface area contributed by atoms with Crippen molar-refractivity contribution in [1.82, 2.24) is 0 Å². The van der Waals surface area contributed by atoms with Gasteiger partial charge in [-0.25, -0.2) is 23.3 Å². The van der Waals surface area contributed by atoms with Crippen LogP contribution in [0.3, 0.4) is 0 Å². The summed E-state index contributed by atoms with van der Waals surface area (Å²) in [7, 11) is 0. The molecule has 0 rings (SSSR count). The van der Waals surface area contributed by atoms with E-state index in [1.165, 1.54) is 0 Å². The molecule has 0 unspecified atom stereocenters. The maximum Gasteiger partial charge on any atom is 2.00 e. The molecule has 0 fully saturated rings. The van der Waals surface area contributed by atoms with Gasteiger partial charge in [0.05, 0.1) is 0 Å². The number of rotatable bonds is 2. The van der Waals surface area contributed by atoms with Gasteiger partial charge >= 0.3 is 17.1 Å². The zero-order valence-corrected chi connectivity index (χ0v) is 9.92. The van der Waals surface area contributed by atoms with Crippen molar-refractivity contribution in [2.24, 2.45) is 0 Å². The summed E-state index contributed by atoms with van der Waals surface area (Å²) in [6, 6.07) is 0. The van der Waals surface area contributed by atoms with Gasteiger partial charge in [0.25, 0.3) is 0 Å². The quantitative estimate of drug-likeness (QED) is 0.375. The van der Waals surface area contributed by atoms with E-state index in [1.54, 1.807) is 12.2 Å². The zero-order valence-electron chi connectivity index (χ0n) is 8.82. The van der Waals surface area contributed by atoms with Crippen molar-refractivity contribution >= 4 is 0 Å². The molecule has 0 aliphatic rings. The van der Waals surface area contributed by atoms with Crippen LogP contribution < -0.4 is 0 Å². The van der Waals surface area contributed by atoms with Crippen LogP contribution in [0.4, 0.5) is 0 Å². The van der Waals surface area contributed by atoms with Crippen LogP contribution in [-0.2, 0) is 17.1 Å². The molecule has 1 heteroatoms. The third-order valence-electron chi connectivity index (χ3n) is 1.44. The van der Waals surface area contributed by atoms with Gasteiger partial charge in [0.2, 0.25) is 0 Å². The number of hydrogen-bond acceptors (Lipinski definition) is 0. The Morgan fingerprint density at radius 3 is 1.08 bits per heavy atom. The maximum atomic E-state index is 5.09. The van der Waals surface area contributed by atoms with Gasteiger partial charge in [0.1, 0.15) is 0 Å². The molecular formula is C12H18Fe. The molecule has 0 aliphatic carbocycles. The predicted molar refractivity (Wildman–Crippen MR) is 56.6 cm³/mol. The molecule has 0 radical (unpaired) electrons. The van der Waals surface area contributed by atoms with E-state index >= 15 is 0 Å². The van der Waals surface area contributed by atoms with E-state index in [-0.39, 0.29) is 17.1 Å². The Kier molecular flexibility index (Phi) is 19.7. The molecule has 0 aromatic rings. The molecule has 0 spiro atoms. The van der Waals surface area contributed by atoms with Crippen LogP contribution in [0.2, 0.25) is 0 Å². The largest absolute Gasteiger partial charge is 2.00 e. The summed E-state index contributed by atoms with van der Waals surface area (Å²) in [6.45, 7) is 18.0. The van der Waals surface area contributed by atoms with Gasteiger partial charge in [-0.15, -0.1) is 13.8 Å². The summed E-state index contributed by atoms with van der Waals surface area (Å²) in [5, 5.41) is 0. The van der Waals surface area contributed by atoms with E-state index in [1.807, 2.05) is 39.8 Å². The molecule has 0 aliphatic heterocycles. The molecule has 0 atom stereocenters. The van der Waals surface area contributed by atoms with Crippen LogP contribution in [-0.4, -0.2) is 0 Å². The standard InChI is InChI=1S/2C6H9.Fe/c2*1-4-6(3)5-2;/h2*1,4-5H,2-3H3;/q2*-1;+2/b2*6-5+;. The summed E-state index contributed by atoms with van der Waals surface area (Å²) in [5.74, 6) is 0. The predicted octanol–water partition coefficient (Wildman–Crippen LogP) is 3.88. The Hall–Kier alpha value is -0.521. The van der Waals surface area contributed by atoms with E-state index in [0.29, 0.717) is 0 Å². The molecule has 0 saturated heterocycles. The second-order valence-corrected chi connectivity index (χ2v) is 2.40. The van der Waals surface area contributed by atoms with E-state index in [2.05, 4.69) is 0 Å². The molecule has 0 saturated carbocycles. The fourth-order valence-electron chi connectivity index (χ4n) is 0.192. The third kappa shape index (κ3) is 18.4. The first kappa shape index (κ1) is 18.3. The first-order valence-corrected chi connectivity index (χ1v) is 3.98. The van der Waals surface area contributed by atoms with Gasteiger partial charge in [-0.3, -0.25) is 13.2 Å². The van der Waals surface area contributed by atoms with Crippen LogP contribution in [0.5, 0.6) is 0 Å². The molecule has 0 heterocycles. The molecule has 0 N–H and O–H groups in total. The van der Waals surface area contributed by atoms with E-state index in [0.717, 1.165) is 11.1 Å². The molecule has 13 heavy (non-hydrogen) atoms. The van der Waals surface area contributed by atoms with Crippen molar-refractivity contribution in [3.05, 3.63) is 48.6 Å². The van der Waals surface area contributed by atoms with Gasteiger partial charge in [-0.05, 0) is 0 Å². The molecule has 74 valence electrons. The Bertz CT molecular complexity index is 163. The number of allylic oxidation sites excluding steroid dienone is 6. The van der Waals surface area contributed by atoms with Crippen molar-refractivity contribution in [1.29, 1.82) is 0 Å². The van der Waals surface area contributed by atoms with E-state index in [9.17, 15) is 0 Å². The maximum absolute atomic E-state index is 5.09. The third-order valence-corrected chi connectivity index (χ3v) is 1.44. The summed E-state index contributed by atoms with van der Waals surface area (Å²) >= 11 is 0. The Morgan fingerprint density at radius 1 is 0.846 bits per heavy atom. The topological polar surface area (TPSA) is 0 Å². The van der Waals surface area contributed by atoms with Crippen LogP contribution >= 0.6 is 0 Å². The monoisotopic (exact) mass is 218 g/mol. The fourth-order valence-corrected chi connectivity index (χ4v) is 0.192. The SMILES string of the molecule is [CH-]=C/C(C)=C/C.[CH-]=C/C(C)=C/C.[Fe+2]. The van der Waals surface area contributed by atoms with Crippen LogP contribution in [0.1, 0.15) is 27.7 Å². The van der Waals surface area contributed by atoms with E-state index in [4.69, 9.17) is 13.2 Å². The molecule has 0 bridgehead atoms. The first-order valence-electron chi connectivity index (χ1n) is 3.98. The number of hydrogen-bond donors (Lipinski definition) is 0. The normalized spacial score (nSPS) is 10.5. The summed E-state index contributed by atoms with van der Waals surface area (Å²) in [6.07, 6.45) is 7.08. The smallest absolute Gasteiger partial charge is 0.293 e. The summed E-state index contributed by atoms with van der Waals surface area (Å²) in [5.41, 5.74) is 2.24. The minimum atomic E-state index is 0. The second-order valence-electron chi connectivity index (χ2n) is 2.40. The Labute approximate surface area is 93.6 Å². The summed E-state index contributed by atoms with van der Waals surface area (Å²) < 4.78 is 0. The molecular weight excluding hydrogens is 200 g/mol. The first-order chi connectivity index (χ1) is 5.62. The Morgan fingerprint density at radius 2 is 1.08 bits per heavy atom. The van der Waals surface area contributed by atoms with Gasteiger partial charge in [0.15, 0.2) is 0 Å². The van der Waals surface area contributed by atoms with Crippen molar-refractivity contribution < 1.29 is 17.1 Å². The zero-order chi connectivity index (χ0) is 9.98. The van der Waals surface area contributed by atoms with Gasteiger partial charge in [0, 0.05) is 0 Å². The van der Waals surface area contributed by atoms with Crippen molar-refractivity contribution in [3.8, 4) is 0 Å². The minimum absolute atomic E-state index is 0. The van der Waals surface area contributed by atoms with E-state index < -0.39 is 0 Å². The van der Waals surface area contributed by atoms with Crippen molar-refractivity contribution in [3.63, 3.8) is 0 Å². The average molecular weight is 218 g/mol. The van der Waals surface area contributed by atoms with Crippen molar-refractivity contribution in [2.75, 3.05) is 0 Å². The fraction of sp³-hybridized carbons (Fsp3) is 0.333. The van der Waals surface area contributed by atoms with Crippen LogP contribution in [0.25, 0.3) is 0 Å². The molecule has 0 amide bonds. The molecule has 0 aromatic heterocycles. The molecule has 0 nitrogen and oxygen atoms in total. The van der Waals surface area contributed by atoms with Crippen LogP contribution in [0.15, 0.2) is 35.5 Å². The van der Waals surface area contributed by atoms with Gasteiger partial charge in [-0.1, -0.05) is 13.8 Å². The minimum Gasteiger partial charge on any atom is -0.293 e. The van der Waals surface area contributed by atoms with Crippen molar-refractivity contribution in [2.45, 2.75) is 27.7 Å². The van der Waals surface area contributed by atoms with Gasteiger partial charge in [-0.2, -0.15) is 12.2 Å². The van der Waals surface area contributed by atoms with Crippen LogP contribution in [0, 0.1) is 13.2 Å². The second kappa shape index (κ2) is 14.0. The molecule has 0 aromatic carbocycles. The van der Waals surface area contributed by atoms with Gasteiger partial charge < -0.3 is 0 Å². The average Bonchev–Trinajstić information content (AvgIpc) is 2.16. The Balaban J connectivity index is -0.000000143. The summed E-state index contributed by atoms with van der Waals surface area (Å²) in [4.78, 5) is 0.